The Balaban J connectivity index is 1.64. The van der Waals surface area contributed by atoms with Gasteiger partial charge in [0, 0.05) is 13.1 Å². The monoisotopic (exact) mass is 351 g/mol. The van der Waals surface area contributed by atoms with Crippen molar-refractivity contribution in [1.29, 1.82) is 0 Å². The molecule has 2 aromatic rings. The van der Waals surface area contributed by atoms with Crippen molar-refractivity contribution in [1.82, 2.24) is 19.5 Å². The van der Waals surface area contributed by atoms with E-state index in [4.69, 9.17) is 16.3 Å². The third-order valence-electron chi connectivity index (χ3n) is 3.84. The molecule has 1 aliphatic heterocycles. The molecule has 0 radical (unpaired) electrons. The maximum atomic E-state index is 12.3. The van der Waals surface area contributed by atoms with Crippen molar-refractivity contribution < 1.29 is 9.53 Å². The molecule has 1 atom stereocenters. The number of imidazole rings is 1. The van der Waals surface area contributed by atoms with E-state index < -0.39 is 5.60 Å². The summed E-state index contributed by atoms with van der Waals surface area (Å²) >= 11 is 6.04. The van der Waals surface area contributed by atoms with Gasteiger partial charge in [0.05, 0.1) is 12.2 Å². The lowest BCUT2D eigenvalue weighted by Crippen LogP contribution is -2.42. The van der Waals surface area contributed by atoms with Gasteiger partial charge in [0.1, 0.15) is 11.4 Å². The van der Waals surface area contributed by atoms with Crippen molar-refractivity contribution >= 4 is 29.2 Å². The number of fused-ring (bicyclic) bond motifs is 1. The van der Waals surface area contributed by atoms with Gasteiger partial charge in [-0.2, -0.15) is 0 Å². The number of rotatable bonds is 3. The highest BCUT2D eigenvalue weighted by atomic mass is 35.5. The first-order chi connectivity index (χ1) is 11.3. The largest absolute Gasteiger partial charge is 0.444 e. The van der Waals surface area contributed by atoms with Gasteiger partial charge in [-0.3, -0.25) is 0 Å². The Labute approximate surface area is 145 Å². The molecule has 2 aromatic heterocycles. The van der Waals surface area contributed by atoms with Crippen LogP contribution in [0.3, 0.4) is 0 Å². The number of likely N-dealkylation sites (tertiary alicyclic amines) is 1. The Morgan fingerprint density at radius 1 is 1.46 bits per heavy atom. The van der Waals surface area contributed by atoms with Gasteiger partial charge >= 0.3 is 6.09 Å². The topological polar surface area (TPSA) is 71.8 Å². The molecule has 1 unspecified atom stereocenters. The summed E-state index contributed by atoms with van der Waals surface area (Å²) < 4.78 is 7.05. The molecular weight excluding hydrogens is 330 g/mol. The van der Waals surface area contributed by atoms with Crippen molar-refractivity contribution in [2.45, 2.75) is 45.3 Å². The summed E-state index contributed by atoms with van der Waals surface area (Å²) in [5.74, 6) is 0.693. The average molecular weight is 352 g/mol. The zero-order valence-electron chi connectivity index (χ0n) is 14.1. The lowest BCUT2D eigenvalue weighted by Gasteiger charge is -2.28. The third-order valence-corrected chi connectivity index (χ3v) is 4.10. The summed E-state index contributed by atoms with van der Waals surface area (Å²) in [4.78, 5) is 18.2. The van der Waals surface area contributed by atoms with E-state index in [9.17, 15) is 4.79 Å². The second-order valence-electron chi connectivity index (χ2n) is 6.92. The van der Waals surface area contributed by atoms with E-state index in [2.05, 4.69) is 15.4 Å². The third kappa shape index (κ3) is 3.72. The van der Waals surface area contributed by atoms with Crippen LogP contribution >= 0.6 is 11.6 Å². The van der Waals surface area contributed by atoms with E-state index in [1.165, 1.54) is 0 Å². The molecule has 0 bridgehead atoms. The minimum Gasteiger partial charge on any atom is -0.444 e. The number of hydrogen-bond acceptors (Lipinski definition) is 5. The molecule has 1 amide bonds. The number of carbonyl (C=O) groups excluding carboxylic acids is 1. The van der Waals surface area contributed by atoms with Gasteiger partial charge in [-0.15, -0.1) is 5.10 Å². The van der Waals surface area contributed by atoms with Crippen LogP contribution in [0.5, 0.6) is 0 Å². The number of aromatic nitrogens is 3. The van der Waals surface area contributed by atoms with Crippen LogP contribution in [0.2, 0.25) is 5.15 Å². The first-order valence-corrected chi connectivity index (χ1v) is 8.45. The molecule has 1 aliphatic rings. The van der Waals surface area contributed by atoms with Crippen LogP contribution in [0.15, 0.2) is 18.3 Å². The standard InChI is InChI=1S/C16H22ClN5O2/c1-16(2,3)24-15(23)21-8-4-5-11(21)9-18-13-6-7-14-19-10-12(17)22(14)20-13/h6-7,10-11H,4-5,8-9H2,1-3H3,(H,18,20). The van der Waals surface area contributed by atoms with Gasteiger partial charge in [-0.1, -0.05) is 11.6 Å². The summed E-state index contributed by atoms with van der Waals surface area (Å²) in [6, 6.07) is 3.79. The van der Waals surface area contributed by atoms with Gasteiger partial charge in [-0.25, -0.2) is 14.3 Å². The summed E-state index contributed by atoms with van der Waals surface area (Å²) in [7, 11) is 0. The van der Waals surface area contributed by atoms with Crippen LogP contribution in [-0.4, -0.2) is 50.3 Å². The maximum Gasteiger partial charge on any atom is 0.410 e. The number of nitrogens with zero attached hydrogens (tertiary/aromatic N) is 4. The Morgan fingerprint density at radius 3 is 3.00 bits per heavy atom. The van der Waals surface area contributed by atoms with E-state index in [1.807, 2.05) is 32.9 Å². The molecule has 3 rings (SSSR count). The fourth-order valence-electron chi connectivity index (χ4n) is 2.77. The molecule has 1 saturated heterocycles. The fourth-order valence-corrected chi connectivity index (χ4v) is 2.94. The van der Waals surface area contributed by atoms with E-state index >= 15 is 0 Å². The second kappa shape index (κ2) is 6.47. The van der Waals surface area contributed by atoms with Gasteiger partial charge in [0.2, 0.25) is 0 Å². The van der Waals surface area contributed by atoms with Crippen LogP contribution in [-0.2, 0) is 4.74 Å². The number of hydrogen-bond donors (Lipinski definition) is 1. The molecule has 7 nitrogen and oxygen atoms in total. The number of anilines is 1. The first kappa shape index (κ1) is 16.8. The number of ether oxygens (including phenoxy) is 1. The molecule has 8 heteroatoms. The molecular formula is C16H22ClN5O2. The highest BCUT2D eigenvalue weighted by molar-refractivity contribution is 6.29. The zero-order chi connectivity index (χ0) is 17.3. The van der Waals surface area contributed by atoms with E-state index in [0.29, 0.717) is 23.2 Å². The van der Waals surface area contributed by atoms with Crippen molar-refractivity contribution in [3.05, 3.63) is 23.5 Å². The lowest BCUT2D eigenvalue weighted by molar-refractivity contribution is 0.0235. The smallest absolute Gasteiger partial charge is 0.410 e. The molecule has 24 heavy (non-hydrogen) atoms. The normalized spacial score (nSPS) is 18.2. The Bertz CT molecular complexity index is 740. The van der Waals surface area contributed by atoms with E-state index in [0.717, 1.165) is 19.4 Å². The molecule has 130 valence electrons. The van der Waals surface area contributed by atoms with Crippen molar-refractivity contribution in [3.63, 3.8) is 0 Å². The molecule has 0 spiro atoms. The highest BCUT2D eigenvalue weighted by Gasteiger charge is 2.32. The lowest BCUT2D eigenvalue weighted by atomic mass is 10.2. The SMILES string of the molecule is CC(C)(C)OC(=O)N1CCCC1CNc1ccc2ncc(Cl)n2n1. The number of amides is 1. The summed E-state index contributed by atoms with van der Waals surface area (Å²) in [5.41, 5.74) is 0.212. The van der Waals surface area contributed by atoms with Gasteiger partial charge in [0.15, 0.2) is 10.8 Å². The molecule has 0 aromatic carbocycles. The number of carbonyl (C=O) groups is 1. The summed E-state index contributed by atoms with van der Waals surface area (Å²) in [5, 5.41) is 8.14. The van der Waals surface area contributed by atoms with Crippen molar-refractivity contribution in [2.24, 2.45) is 0 Å². The number of halogens is 1. The first-order valence-electron chi connectivity index (χ1n) is 8.07. The quantitative estimate of drug-likeness (QED) is 0.919. The Morgan fingerprint density at radius 2 is 2.25 bits per heavy atom. The van der Waals surface area contributed by atoms with Gasteiger partial charge in [0.25, 0.3) is 0 Å². The zero-order valence-corrected chi connectivity index (χ0v) is 14.9. The predicted molar refractivity (Wildman–Crippen MR) is 92.4 cm³/mol. The van der Waals surface area contributed by atoms with E-state index in [-0.39, 0.29) is 12.1 Å². The minimum absolute atomic E-state index is 0.0932. The average Bonchev–Trinajstić information content (AvgIpc) is 3.11. The minimum atomic E-state index is -0.484. The van der Waals surface area contributed by atoms with Gasteiger partial charge in [-0.05, 0) is 45.7 Å². The molecule has 0 saturated carbocycles. The van der Waals surface area contributed by atoms with Crippen LogP contribution in [0.25, 0.3) is 5.65 Å². The molecule has 0 aliphatic carbocycles. The van der Waals surface area contributed by atoms with Crippen LogP contribution < -0.4 is 5.32 Å². The Kier molecular flexibility index (Phi) is 4.54. The predicted octanol–water partition coefficient (Wildman–Crippen LogP) is 3.19. The fraction of sp³-hybridized carbons (Fsp3) is 0.562. The molecule has 1 N–H and O–H groups in total. The van der Waals surface area contributed by atoms with Gasteiger partial charge < -0.3 is 15.0 Å². The summed E-state index contributed by atoms with van der Waals surface area (Å²) in [6.45, 7) is 6.97. The molecule has 3 heterocycles. The Hall–Kier alpha value is -2.02. The van der Waals surface area contributed by atoms with Crippen molar-refractivity contribution in [2.75, 3.05) is 18.4 Å². The van der Waals surface area contributed by atoms with Crippen LogP contribution in [0, 0.1) is 0 Å². The second-order valence-corrected chi connectivity index (χ2v) is 7.31. The van der Waals surface area contributed by atoms with Crippen LogP contribution in [0.1, 0.15) is 33.6 Å². The molecule has 1 fully saturated rings. The highest BCUT2D eigenvalue weighted by Crippen LogP contribution is 2.21. The van der Waals surface area contributed by atoms with E-state index in [1.54, 1.807) is 15.6 Å². The van der Waals surface area contributed by atoms with Crippen molar-refractivity contribution in [3.8, 4) is 0 Å². The number of nitrogens with one attached hydrogen (secondary N) is 1. The van der Waals surface area contributed by atoms with Crippen LogP contribution in [0.4, 0.5) is 10.6 Å². The summed E-state index contributed by atoms with van der Waals surface area (Å²) in [6.07, 6.45) is 3.23. The maximum absolute atomic E-state index is 12.3.